The molecule has 118 valence electrons. The van der Waals surface area contributed by atoms with Gasteiger partial charge in [-0.1, -0.05) is 6.07 Å². The predicted molar refractivity (Wildman–Crippen MR) is 90.6 cm³/mol. The molecule has 0 radical (unpaired) electrons. The minimum atomic E-state index is -0.249. The quantitative estimate of drug-likeness (QED) is 0.545. The monoisotopic (exact) mass is 310 g/mol. The summed E-state index contributed by atoms with van der Waals surface area (Å²) in [5.74, 6) is 0. The maximum absolute atomic E-state index is 12.0. The molecule has 7 nitrogen and oxygen atoms in total. The van der Waals surface area contributed by atoms with Crippen molar-refractivity contribution in [3.8, 4) is 0 Å². The summed E-state index contributed by atoms with van der Waals surface area (Å²) in [6.45, 7) is 3.14. The molecule has 2 amide bonds. The van der Waals surface area contributed by atoms with Gasteiger partial charge in [0.2, 0.25) is 0 Å². The Morgan fingerprint density at radius 1 is 1.17 bits per heavy atom. The van der Waals surface area contributed by atoms with Crippen molar-refractivity contribution in [1.82, 2.24) is 20.5 Å². The second-order valence-electron chi connectivity index (χ2n) is 5.13. The van der Waals surface area contributed by atoms with Crippen molar-refractivity contribution in [3.05, 3.63) is 48.4 Å². The summed E-state index contributed by atoms with van der Waals surface area (Å²) in [6.07, 6.45) is 5.19. The lowest BCUT2D eigenvalue weighted by atomic mass is 10.1. The summed E-state index contributed by atoms with van der Waals surface area (Å²) in [5, 5.41) is 16.8. The topological polar surface area (TPSA) is 94.7 Å². The number of urea groups is 1. The smallest absolute Gasteiger partial charge is 0.319 e. The van der Waals surface area contributed by atoms with Crippen LogP contribution in [0.3, 0.4) is 0 Å². The van der Waals surface area contributed by atoms with Crippen molar-refractivity contribution < 1.29 is 4.79 Å². The Labute approximate surface area is 133 Å². The second-order valence-corrected chi connectivity index (χ2v) is 5.13. The van der Waals surface area contributed by atoms with E-state index >= 15 is 0 Å². The normalized spacial score (nSPS) is 10.5. The van der Waals surface area contributed by atoms with E-state index in [4.69, 9.17) is 0 Å². The van der Waals surface area contributed by atoms with Gasteiger partial charge >= 0.3 is 6.03 Å². The fraction of sp³-hybridized carbons (Fsp3) is 0.188. The molecule has 0 atom stereocenters. The third-order valence-corrected chi connectivity index (χ3v) is 3.50. The molecule has 4 N–H and O–H groups in total. The number of benzene rings is 1. The number of carbonyl (C=O) groups excluding carboxylic acids is 1. The van der Waals surface area contributed by atoms with Gasteiger partial charge in [0.25, 0.3) is 0 Å². The van der Waals surface area contributed by atoms with E-state index in [1.54, 1.807) is 18.6 Å². The van der Waals surface area contributed by atoms with Crippen LogP contribution in [0.4, 0.5) is 16.2 Å². The number of aromatic amines is 1. The number of fused-ring (bicyclic) bond motifs is 1. The lowest BCUT2D eigenvalue weighted by Crippen LogP contribution is -2.32. The van der Waals surface area contributed by atoms with Gasteiger partial charge in [-0.25, -0.2) is 4.79 Å². The maximum Gasteiger partial charge on any atom is 0.319 e. The number of H-pyrrole nitrogens is 1. The Hall–Kier alpha value is -3.09. The van der Waals surface area contributed by atoms with Crippen LogP contribution in [0.25, 0.3) is 10.9 Å². The summed E-state index contributed by atoms with van der Waals surface area (Å²) in [4.78, 5) is 15.9. The Balaban J connectivity index is 1.51. The molecule has 0 fully saturated rings. The van der Waals surface area contributed by atoms with Crippen LogP contribution in [0.15, 0.2) is 42.9 Å². The standard InChI is InChI=1S/C16H18N6O/c1-11-2-3-14(15-13(11)10-20-22-15)21-16(23)19-9-8-18-12-4-6-17-7-5-12/h2-7,10H,8-9H2,1H3,(H,17,18)(H,20,22)(H2,19,21,23). The molecule has 23 heavy (non-hydrogen) atoms. The zero-order valence-corrected chi connectivity index (χ0v) is 12.8. The fourth-order valence-electron chi connectivity index (χ4n) is 2.30. The number of aryl methyl sites for hydroxylation is 1. The SMILES string of the molecule is Cc1ccc(NC(=O)NCCNc2ccncc2)c2[nH]ncc12. The number of aromatic nitrogens is 3. The van der Waals surface area contributed by atoms with Gasteiger partial charge in [-0.15, -0.1) is 0 Å². The minimum Gasteiger partial charge on any atom is -0.383 e. The zero-order chi connectivity index (χ0) is 16.1. The second kappa shape index (κ2) is 6.78. The molecular formula is C16H18N6O. The van der Waals surface area contributed by atoms with Gasteiger partial charge in [-0.05, 0) is 30.7 Å². The Bertz CT molecular complexity index is 799. The molecule has 0 spiro atoms. The van der Waals surface area contributed by atoms with E-state index in [0.717, 1.165) is 22.2 Å². The molecule has 0 saturated heterocycles. The fourth-order valence-corrected chi connectivity index (χ4v) is 2.30. The molecule has 0 aliphatic carbocycles. The summed E-state index contributed by atoms with van der Waals surface area (Å²) in [7, 11) is 0. The van der Waals surface area contributed by atoms with E-state index in [9.17, 15) is 4.79 Å². The molecule has 3 rings (SSSR count). The maximum atomic E-state index is 12.0. The summed E-state index contributed by atoms with van der Waals surface area (Å²) in [6, 6.07) is 7.33. The number of hydrogen-bond donors (Lipinski definition) is 4. The van der Waals surface area contributed by atoms with E-state index in [1.807, 2.05) is 31.2 Å². The third-order valence-electron chi connectivity index (χ3n) is 3.50. The van der Waals surface area contributed by atoms with Gasteiger partial charge in [0.15, 0.2) is 0 Å². The molecule has 0 aliphatic heterocycles. The first-order valence-corrected chi connectivity index (χ1v) is 7.35. The van der Waals surface area contributed by atoms with Crippen LogP contribution < -0.4 is 16.0 Å². The van der Waals surface area contributed by atoms with Gasteiger partial charge in [-0.3, -0.25) is 10.1 Å². The van der Waals surface area contributed by atoms with Crippen LogP contribution in [0.5, 0.6) is 0 Å². The van der Waals surface area contributed by atoms with Crippen molar-refractivity contribution in [2.24, 2.45) is 0 Å². The highest BCUT2D eigenvalue weighted by atomic mass is 16.2. The van der Waals surface area contributed by atoms with Crippen molar-refractivity contribution in [2.45, 2.75) is 6.92 Å². The van der Waals surface area contributed by atoms with E-state index < -0.39 is 0 Å². The molecule has 2 heterocycles. The van der Waals surface area contributed by atoms with E-state index in [-0.39, 0.29) is 6.03 Å². The van der Waals surface area contributed by atoms with Gasteiger partial charge in [0.1, 0.15) is 0 Å². The molecule has 3 aromatic rings. The highest BCUT2D eigenvalue weighted by Gasteiger charge is 2.08. The number of pyridine rings is 1. The van der Waals surface area contributed by atoms with Crippen molar-refractivity contribution in [1.29, 1.82) is 0 Å². The summed E-state index contributed by atoms with van der Waals surface area (Å²) >= 11 is 0. The van der Waals surface area contributed by atoms with Crippen LogP contribution in [-0.2, 0) is 0 Å². The van der Waals surface area contributed by atoms with E-state index in [1.165, 1.54) is 0 Å². The number of rotatable bonds is 5. The Morgan fingerprint density at radius 2 is 2.00 bits per heavy atom. The summed E-state index contributed by atoms with van der Waals surface area (Å²) in [5.41, 5.74) is 3.62. The number of nitrogens with zero attached hydrogens (tertiary/aromatic N) is 2. The van der Waals surface area contributed by atoms with Crippen LogP contribution in [0.1, 0.15) is 5.56 Å². The molecule has 1 aromatic carbocycles. The molecule has 0 unspecified atom stereocenters. The van der Waals surface area contributed by atoms with Gasteiger partial charge in [-0.2, -0.15) is 5.10 Å². The number of amides is 2. The van der Waals surface area contributed by atoms with E-state index in [0.29, 0.717) is 18.8 Å². The first-order chi connectivity index (χ1) is 11.2. The Morgan fingerprint density at radius 3 is 2.83 bits per heavy atom. The van der Waals surface area contributed by atoms with Crippen LogP contribution in [-0.4, -0.2) is 34.3 Å². The predicted octanol–water partition coefficient (Wildman–Crippen LogP) is 2.50. The molecule has 0 bridgehead atoms. The highest BCUT2D eigenvalue weighted by molar-refractivity contribution is 6.00. The average Bonchev–Trinajstić information content (AvgIpc) is 3.06. The van der Waals surface area contributed by atoms with Gasteiger partial charge in [0.05, 0.1) is 17.4 Å². The lowest BCUT2D eigenvalue weighted by Gasteiger charge is -2.10. The number of nitrogens with one attached hydrogen (secondary N) is 4. The van der Waals surface area contributed by atoms with Gasteiger partial charge in [0, 0.05) is 36.6 Å². The number of carbonyl (C=O) groups is 1. The molecule has 0 saturated carbocycles. The molecule has 7 heteroatoms. The molecule has 2 aromatic heterocycles. The van der Waals surface area contributed by atoms with Crippen molar-refractivity contribution >= 4 is 28.3 Å². The first kappa shape index (κ1) is 14.8. The zero-order valence-electron chi connectivity index (χ0n) is 12.8. The van der Waals surface area contributed by atoms with Crippen molar-refractivity contribution in [3.63, 3.8) is 0 Å². The van der Waals surface area contributed by atoms with Crippen LogP contribution in [0, 0.1) is 6.92 Å². The summed E-state index contributed by atoms with van der Waals surface area (Å²) < 4.78 is 0. The lowest BCUT2D eigenvalue weighted by molar-refractivity contribution is 0.252. The number of hydrogen-bond acceptors (Lipinski definition) is 4. The molecule has 0 aliphatic rings. The first-order valence-electron chi connectivity index (χ1n) is 7.35. The molecular weight excluding hydrogens is 292 g/mol. The van der Waals surface area contributed by atoms with Crippen molar-refractivity contribution in [2.75, 3.05) is 23.7 Å². The average molecular weight is 310 g/mol. The van der Waals surface area contributed by atoms with Gasteiger partial charge < -0.3 is 16.0 Å². The van der Waals surface area contributed by atoms with E-state index in [2.05, 4.69) is 31.1 Å². The van der Waals surface area contributed by atoms with Crippen LogP contribution >= 0.6 is 0 Å². The minimum absolute atomic E-state index is 0.249. The number of anilines is 2. The Kier molecular flexibility index (Phi) is 4.37. The third kappa shape index (κ3) is 3.57. The largest absolute Gasteiger partial charge is 0.383 e. The van der Waals surface area contributed by atoms with Crippen LogP contribution in [0.2, 0.25) is 0 Å². The highest BCUT2D eigenvalue weighted by Crippen LogP contribution is 2.23.